The van der Waals surface area contributed by atoms with Gasteiger partial charge in [-0.25, -0.2) is 4.79 Å². The number of carbonyl (C=O) groups is 1. The van der Waals surface area contributed by atoms with E-state index in [1.54, 1.807) is 18.5 Å². The monoisotopic (exact) mass is 254 g/mol. The fourth-order valence-electron chi connectivity index (χ4n) is 2.70. The molecule has 4 heteroatoms. The van der Waals surface area contributed by atoms with Crippen LogP contribution in [-0.4, -0.2) is 21.0 Å². The molecule has 1 aliphatic rings. The van der Waals surface area contributed by atoms with Gasteiger partial charge in [-0.1, -0.05) is 6.07 Å². The quantitative estimate of drug-likeness (QED) is 0.894. The van der Waals surface area contributed by atoms with Crippen LogP contribution in [0, 0.1) is 0 Å². The highest BCUT2D eigenvalue weighted by Gasteiger charge is 2.23. The van der Waals surface area contributed by atoms with E-state index in [-0.39, 0.29) is 11.5 Å². The SMILES string of the molecule is O=C(O)c1cncc(C2CCCc3cccnc32)c1. The highest BCUT2D eigenvalue weighted by molar-refractivity contribution is 5.87. The Balaban J connectivity index is 2.04. The third-order valence-corrected chi connectivity index (χ3v) is 3.60. The zero-order valence-corrected chi connectivity index (χ0v) is 10.4. The number of aryl methyl sites for hydroxylation is 1. The molecule has 0 amide bonds. The minimum atomic E-state index is -0.939. The van der Waals surface area contributed by atoms with Gasteiger partial charge in [-0.15, -0.1) is 0 Å². The Morgan fingerprint density at radius 3 is 3.11 bits per heavy atom. The normalized spacial score (nSPS) is 17.8. The molecule has 2 aromatic heterocycles. The standard InChI is InChI=1S/C15H14N2O2/c18-15(19)12-7-11(8-16-9-12)13-5-1-3-10-4-2-6-17-14(10)13/h2,4,6-9,13H,1,3,5H2,(H,18,19). The third-order valence-electron chi connectivity index (χ3n) is 3.60. The van der Waals surface area contributed by atoms with E-state index in [0.29, 0.717) is 0 Å². The number of carboxylic acid groups (broad SMARTS) is 1. The first-order valence-electron chi connectivity index (χ1n) is 6.38. The van der Waals surface area contributed by atoms with Crippen LogP contribution in [0.2, 0.25) is 0 Å². The summed E-state index contributed by atoms with van der Waals surface area (Å²) in [6, 6.07) is 5.76. The molecule has 1 N–H and O–H groups in total. The molecule has 0 spiro atoms. The van der Waals surface area contributed by atoms with E-state index in [9.17, 15) is 4.79 Å². The van der Waals surface area contributed by atoms with E-state index in [1.165, 1.54) is 11.8 Å². The number of fused-ring (bicyclic) bond motifs is 1. The summed E-state index contributed by atoms with van der Waals surface area (Å²) in [5.74, 6) is -0.775. The summed E-state index contributed by atoms with van der Waals surface area (Å²) < 4.78 is 0. The van der Waals surface area contributed by atoms with Crippen LogP contribution in [0.1, 0.15) is 45.9 Å². The van der Waals surface area contributed by atoms with Crippen LogP contribution in [0.5, 0.6) is 0 Å². The van der Waals surface area contributed by atoms with E-state index in [0.717, 1.165) is 30.5 Å². The lowest BCUT2D eigenvalue weighted by Crippen LogP contribution is -2.13. The molecule has 3 rings (SSSR count). The molecule has 0 saturated carbocycles. The summed E-state index contributed by atoms with van der Waals surface area (Å²) in [5, 5.41) is 9.05. The molecular weight excluding hydrogens is 240 g/mol. The highest BCUT2D eigenvalue weighted by Crippen LogP contribution is 2.34. The second-order valence-corrected chi connectivity index (χ2v) is 4.80. The van der Waals surface area contributed by atoms with Crippen LogP contribution >= 0.6 is 0 Å². The van der Waals surface area contributed by atoms with Crippen molar-refractivity contribution in [3.8, 4) is 0 Å². The molecule has 0 fully saturated rings. The van der Waals surface area contributed by atoms with Crippen LogP contribution in [0.15, 0.2) is 36.8 Å². The molecule has 1 atom stereocenters. The zero-order valence-electron chi connectivity index (χ0n) is 10.4. The minimum absolute atomic E-state index is 0.164. The number of rotatable bonds is 2. The van der Waals surface area contributed by atoms with Crippen LogP contribution in [0.25, 0.3) is 0 Å². The van der Waals surface area contributed by atoms with Crippen LogP contribution < -0.4 is 0 Å². The second-order valence-electron chi connectivity index (χ2n) is 4.80. The number of hydrogen-bond acceptors (Lipinski definition) is 3. The molecule has 0 aliphatic heterocycles. The molecule has 0 aromatic carbocycles. The minimum Gasteiger partial charge on any atom is -0.478 e. The number of aromatic nitrogens is 2. The Hall–Kier alpha value is -2.23. The van der Waals surface area contributed by atoms with Gasteiger partial charge in [0, 0.05) is 24.5 Å². The van der Waals surface area contributed by atoms with Gasteiger partial charge in [0.1, 0.15) is 0 Å². The molecule has 2 heterocycles. The van der Waals surface area contributed by atoms with Crippen molar-refractivity contribution in [2.45, 2.75) is 25.2 Å². The maximum Gasteiger partial charge on any atom is 0.337 e. The average Bonchev–Trinajstić information content (AvgIpc) is 2.47. The third kappa shape index (κ3) is 2.21. The molecule has 0 bridgehead atoms. The largest absolute Gasteiger partial charge is 0.478 e. The van der Waals surface area contributed by atoms with Gasteiger partial charge < -0.3 is 5.11 Å². The number of nitrogens with zero attached hydrogens (tertiary/aromatic N) is 2. The fraction of sp³-hybridized carbons (Fsp3) is 0.267. The predicted molar refractivity (Wildman–Crippen MR) is 70.2 cm³/mol. The Bertz CT molecular complexity index is 625. The van der Waals surface area contributed by atoms with Gasteiger partial charge in [-0.3, -0.25) is 9.97 Å². The molecule has 0 saturated heterocycles. The molecule has 0 radical (unpaired) electrons. The van der Waals surface area contributed by atoms with E-state index >= 15 is 0 Å². The topological polar surface area (TPSA) is 63.1 Å². The summed E-state index contributed by atoms with van der Waals surface area (Å²) in [7, 11) is 0. The van der Waals surface area contributed by atoms with Crippen molar-refractivity contribution in [3.05, 3.63) is 59.2 Å². The van der Waals surface area contributed by atoms with Crippen LogP contribution in [0.3, 0.4) is 0 Å². The molecule has 1 aliphatic carbocycles. The van der Waals surface area contributed by atoms with Gasteiger partial charge >= 0.3 is 5.97 Å². The summed E-state index contributed by atoms with van der Waals surface area (Å²) in [6.45, 7) is 0. The van der Waals surface area contributed by atoms with Crippen LogP contribution in [-0.2, 0) is 6.42 Å². The summed E-state index contributed by atoms with van der Waals surface area (Å²) in [4.78, 5) is 19.5. The zero-order chi connectivity index (χ0) is 13.2. The summed E-state index contributed by atoms with van der Waals surface area (Å²) >= 11 is 0. The average molecular weight is 254 g/mol. The molecule has 1 unspecified atom stereocenters. The summed E-state index contributed by atoms with van der Waals surface area (Å²) in [5.41, 5.74) is 3.51. The van der Waals surface area contributed by atoms with Crippen molar-refractivity contribution >= 4 is 5.97 Å². The van der Waals surface area contributed by atoms with Gasteiger partial charge in [-0.05, 0) is 42.5 Å². The van der Waals surface area contributed by atoms with E-state index in [1.807, 2.05) is 6.07 Å². The molecule has 19 heavy (non-hydrogen) atoms. The Kier molecular flexibility index (Phi) is 2.99. The van der Waals surface area contributed by atoms with E-state index in [2.05, 4.69) is 16.0 Å². The van der Waals surface area contributed by atoms with Gasteiger partial charge in [0.25, 0.3) is 0 Å². The number of hydrogen-bond donors (Lipinski definition) is 1. The molecular formula is C15H14N2O2. The maximum atomic E-state index is 11.0. The van der Waals surface area contributed by atoms with Crippen molar-refractivity contribution in [2.24, 2.45) is 0 Å². The van der Waals surface area contributed by atoms with Crippen LogP contribution in [0.4, 0.5) is 0 Å². The van der Waals surface area contributed by atoms with Crippen molar-refractivity contribution in [3.63, 3.8) is 0 Å². The lowest BCUT2D eigenvalue weighted by atomic mass is 9.82. The lowest BCUT2D eigenvalue weighted by molar-refractivity contribution is 0.0696. The Morgan fingerprint density at radius 1 is 1.37 bits per heavy atom. The predicted octanol–water partition coefficient (Wildman–Crippen LogP) is 2.64. The number of aromatic carboxylic acids is 1. The van der Waals surface area contributed by atoms with Crippen molar-refractivity contribution in [1.29, 1.82) is 0 Å². The Morgan fingerprint density at radius 2 is 2.26 bits per heavy atom. The van der Waals surface area contributed by atoms with Gasteiger partial charge in [0.2, 0.25) is 0 Å². The van der Waals surface area contributed by atoms with E-state index in [4.69, 9.17) is 5.11 Å². The van der Waals surface area contributed by atoms with Crippen molar-refractivity contribution in [1.82, 2.24) is 9.97 Å². The van der Waals surface area contributed by atoms with E-state index < -0.39 is 5.97 Å². The number of pyridine rings is 2. The molecule has 4 nitrogen and oxygen atoms in total. The second kappa shape index (κ2) is 4.80. The maximum absolute atomic E-state index is 11.0. The van der Waals surface area contributed by atoms with Gasteiger partial charge in [0.15, 0.2) is 0 Å². The first kappa shape index (κ1) is 11.8. The Labute approximate surface area is 111 Å². The first-order chi connectivity index (χ1) is 9.25. The highest BCUT2D eigenvalue weighted by atomic mass is 16.4. The number of carboxylic acids is 1. The first-order valence-corrected chi connectivity index (χ1v) is 6.38. The van der Waals surface area contributed by atoms with Crippen molar-refractivity contribution < 1.29 is 9.90 Å². The molecule has 2 aromatic rings. The van der Waals surface area contributed by atoms with Crippen molar-refractivity contribution in [2.75, 3.05) is 0 Å². The van der Waals surface area contributed by atoms with Gasteiger partial charge in [0.05, 0.1) is 11.3 Å². The molecule has 96 valence electrons. The fourth-order valence-corrected chi connectivity index (χ4v) is 2.70. The lowest BCUT2D eigenvalue weighted by Gasteiger charge is -2.24. The smallest absolute Gasteiger partial charge is 0.337 e. The summed E-state index contributed by atoms with van der Waals surface area (Å²) in [6.07, 6.45) is 8.07. The van der Waals surface area contributed by atoms with Gasteiger partial charge in [-0.2, -0.15) is 0 Å².